The van der Waals surface area contributed by atoms with E-state index in [2.05, 4.69) is 6.58 Å². The summed E-state index contributed by atoms with van der Waals surface area (Å²) in [5.74, 6) is 1.20. The quantitative estimate of drug-likeness (QED) is 0.578. The van der Waals surface area contributed by atoms with Crippen LogP contribution < -0.4 is 5.73 Å². The lowest BCUT2D eigenvalue weighted by atomic mass is 10.2. The van der Waals surface area contributed by atoms with Crippen LogP contribution in [0.1, 0.15) is 19.3 Å². The second-order valence-electron chi connectivity index (χ2n) is 1.89. The van der Waals surface area contributed by atoms with E-state index in [1.165, 1.54) is 18.6 Å². The molecule has 0 atom stereocenters. The predicted molar refractivity (Wildman–Crippen MR) is 45.6 cm³/mol. The van der Waals surface area contributed by atoms with Crippen LogP contribution in [0.15, 0.2) is 12.0 Å². The van der Waals surface area contributed by atoms with Crippen molar-refractivity contribution in [1.29, 1.82) is 0 Å². The monoisotopic (exact) mass is 145 g/mol. The summed E-state index contributed by atoms with van der Waals surface area (Å²) in [6, 6.07) is 0. The van der Waals surface area contributed by atoms with Gasteiger partial charge in [-0.15, -0.1) is 11.8 Å². The van der Waals surface area contributed by atoms with E-state index in [-0.39, 0.29) is 0 Å². The fourth-order valence-electron chi connectivity index (χ4n) is 0.590. The molecule has 0 bridgehead atoms. The molecule has 0 aromatic rings. The van der Waals surface area contributed by atoms with E-state index in [9.17, 15) is 0 Å². The minimum Gasteiger partial charge on any atom is -0.330 e. The first-order valence-electron chi connectivity index (χ1n) is 3.34. The van der Waals surface area contributed by atoms with Crippen LogP contribution in [0, 0.1) is 0 Å². The molecular weight excluding hydrogens is 130 g/mol. The molecule has 0 saturated heterocycles. The van der Waals surface area contributed by atoms with Crippen molar-refractivity contribution in [2.75, 3.05) is 12.3 Å². The Labute approximate surface area is 61.7 Å². The van der Waals surface area contributed by atoms with Gasteiger partial charge in [0.05, 0.1) is 0 Å². The predicted octanol–water partition coefficient (Wildman–Crippen LogP) is 1.99. The van der Waals surface area contributed by atoms with Gasteiger partial charge in [-0.25, -0.2) is 0 Å². The van der Waals surface area contributed by atoms with E-state index in [0.29, 0.717) is 0 Å². The van der Waals surface area contributed by atoms with E-state index in [1.54, 1.807) is 11.8 Å². The maximum atomic E-state index is 5.32. The van der Waals surface area contributed by atoms with Crippen molar-refractivity contribution in [2.45, 2.75) is 19.3 Å². The van der Waals surface area contributed by atoms with Crippen LogP contribution in [-0.4, -0.2) is 12.3 Å². The Morgan fingerprint density at radius 3 is 2.67 bits per heavy atom. The van der Waals surface area contributed by atoms with Gasteiger partial charge in [-0.1, -0.05) is 13.0 Å². The SMILES string of the molecule is C=CSCCCCCN. The number of unbranched alkanes of at least 4 members (excludes halogenated alkanes) is 2. The molecule has 2 N–H and O–H groups in total. The molecule has 0 aromatic heterocycles. The van der Waals surface area contributed by atoms with E-state index in [0.717, 1.165) is 13.0 Å². The molecule has 0 aromatic carbocycles. The Kier molecular flexibility index (Phi) is 8.09. The first kappa shape index (κ1) is 9.05. The minimum atomic E-state index is 0.832. The van der Waals surface area contributed by atoms with Gasteiger partial charge in [0.1, 0.15) is 0 Å². The zero-order valence-electron chi connectivity index (χ0n) is 5.81. The van der Waals surface area contributed by atoms with Crippen LogP contribution in [0.3, 0.4) is 0 Å². The molecule has 9 heavy (non-hydrogen) atoms. The lowest BCUT2D eigenvalue weighted by molar-refractivity contribution is 0.733. The number of hydrogen-bond donors (Lipinski definition) is 1. The Balaban J connectivity index is 2.66. The Bertz CT molecular complexity index is 63.9. The molecule has 1 nitrogen and oxygen atoms in total. The summed E-state index contributed by atoms with van der Waals surface area (Å²) >= 11 is 1.78. The van der Waals surface area contributed by atoms with Gasteiger partial charge < -0.3 is 5.73 Å². The van der Waals surface area contributed by atoms with Crippen molar-refractivity contribution >= 4 is 11.8 Å². The second kappa shape index (κ2) is 8.05. The maximum absolute atomic E-state index is 5.32. The zero-order valence-corrected chi connectivity index (χ0v) is 6.62. The molecule has 0 radical (unpaired) electrons. The van der Waals surface area contributed by atoms with E-state index >= 15 is 0 Å². The highest BCUT2D eigenvalue weighted by Gasteiger charge is 1.84. The lowest BCUT2D eigenvalue weighted by Crippen LogP contribution is -1.97. The summed E-state index contributed by atoms with van der Waals surface area (Å²) in [6.45, 7) is 4.45. The third-order valence-corrected chi connectivity index (χ3v) is 1.84. The molecule has 54 valence electrons. The molecule has 2 heteroatoms. The van der Waals surface area contributed by atoms with Crippen LogP contribution in [0.5, 0.6) is 0 Å². The highest BCUT2D eigenvalue weighted by atomic mass is 32.2. The average Bonchev–Trinajstić information content (AvgIpc) is 1.89. The fraction of sp³-hybridized carbons (Fsp3) is 0.714. The molecule has 0 spiro atoms. The Hall–Kier alpha value is 0.0500. The summed E-state index contributed by atoms with van der Waals surface area (Å²) in [5.41, 5.74) is 5.32. The zero-order chi connectivity index (χ0) is 6.95. The van der Waals surface area contributed by atoms with Crippen molar-refractivity contribution in [1.82, 2.24) is 0 Å². The standard InChI is InChI=1S/C7H15NS/c1-2-9-7-5-3-4-6-8/h2H,1,3-8H2. The molecule has 0 aliphatic carbocycles. The molecule has 0 saturated carbocycles. The summed E-state index contributed by atoms with van der Waals surface area (Å²) in [4.78, 5) is 0. The largest absolute Gasteiger partial charge is 0.330 e. The third kappa shape index (κ3) is 8.05. The first-order valence-corrected chi connectivity index (χ1v) is 4.39. The molecular formula is C7H15NS. The van der Waals surface area contributed by atoms with Crippen LogP contribution >= 0.6 is 11.8 Å². The molecule has 0 fully saturated rings. The van der Waals surface area contributed by atoms with Crippen molar-refractivity contribution in [2.24, 2.45) is 5.73 Å². The smallest absolute Gasteiger partial charge is 0.00262 e. The average molecular weight is 145 g/mol. The van der Waals surface area contributed by atoms with Crippen molar-refractivity contribution in [3.8, 4) is 0 Å². The highest BCUT2D eigenvalue weighted by Crippen LogP contribution is 2.05. The third-order valence-electron chi connectivity index (χ3n) is 1.08. The van der Waals surface area contributed by atoms with E-state index in [4.69, 9.17) is 5.73 Å². The van der Waals surface area contributed by atoms with Gasteiger partial charge in [0.2, 0.25) is 0 Å². The summed E-state index contributed by atoms with van der Waals surface area (Å²) in [5, 5.41) is 1.89. The molecule has 0 aliphatic heterocycles. The summed E-state index contributed by atoms with van der Waals surface area (Å²) in [7, 11) is 0. The minimum absolute atomic E-state index is 0.832. The number of nitrogens with two attached hydrogens (primary N) is 1. The van der Waals surface area contributed by atoms with Crippen LogP contribution in [0.2, 0.25) is 0 Å². The lowest BCUT2D eigenvalue weighted by Gasteiger charge is -1.94. The Morgan fingerprint density at radius 2 is 2.11 bits per heavy atom. The van der Waals surface area contributed by atoms with Gasteiger partial charge in [-0.05, 0) is 30.5 Å². The summed E-state index contributed by atoms with van der Waals surface area (Å²) in [6.07, 6.45) is 3.70. The second-order valence-corrected chi connectivity index (χ2v) is 2.96. The van der Waals surface area contributed by atoms with Crippen LogP contribution in [0.25, 0.3) is 0 Å². The van der Waals surface area contributed by atoms with Crippen LogP contribution in [0.4, 0.5) is 0 Å². The highest BCUT2D eigenvalue weighted by molar-refractivity contribution is 8.02. The van der Waals surface area contributed by atoms with Crippen LogP contribution in [-0.2, 0) is 0 Å². The van der Waals surface area contributed by atoms with Gasteiger partial charge in [0.25, 0.3) is 0 Å². The van der Waals surface area contributed by atoms with E-state index in [1.807, 2.05) is 5.41 Å². The molecule has 0 unspecified atom stereocenters. The van der Waals surface area contributed by atoms with Gasteiger partial charge in [0.15, 0.2) is 0 Å². The molecule has 0 aliphatic rings. The number of thioether (sulfide) groups is 1. The first-order chi connectivity index (χ1) is 4.41. The van der Waals surface area contributed by atoms with Crippen molar-refractivity contribution in [3.05, 3.63) is 12.0 Å². The normalized spacial score (nSPS) is 9.44. The van der Waals surface area contributed by atoms with Crippen molar-refractivity contribution in [3.63, 3.8) is 0 Å². The topological polar surface area (TPSA) is 26.0 Å². The van der Waals surface area contributed by atoms with Gasteiger partial charge in [-0.2, -0.15) is 0 Å². The van der Waals surface area contributed by atoms with Gasteiger partial charge in [0, 0.05) is 0 Å². The molecule has 0 amide bonds. The van der Waals surface area contributed by atoms with Crippen molar-refractivity contribution < 1.29 is 0 Å². The Morgan fingerprint density at radius 1 is 1.33 bits per heavy atom. The fourth-order valence-corrected chi connectivity index (χ4v) is 1.13. The number of hydrogen-bond acceptors (Lipinski definition) is 2. The van der Waals surface area contributed by atoms with Gasteiger partial charge >= 0.3 is 0 Å². The number of rotatable bonds is 6. The maximum Gasteiger partial charge on any atom is -0.00262 e. The molecule has 0 rings (SSSR count). The van der Waals surface area contributed by atoms with Gasteiger partial charge in [-0.3, -0.25) is 0 Å². The summed E-state index contributed by atoms with van der Waals surface area (Å²) < 4.78 is 0. The molecule has 0 heterocycles. The van der Waals surface area contributed by atoms with E-state index < -0.39 is 0 Å².